The molecule has 0 unspecified atom stereocenters. The first-order chi connectivity index (χ1) is 17.0. The molecule has 1 aliphatic carbocycles. The lowest BCUT2D eigenvalue weighted by atomic mass is 9.70. The van der Waals surface area contributed by atoms with Crippen molar-refractivity contribution in [3.8, 4) is 0 Å². The maximum absolute atomic E-state index is 14.4. The van der Waals surface area contributed by atoms with Crippen molar-refractivity contribution in [2.45, 2.75) is 147 Å². The Morgan fingerprint density at radius 2 is 1.33 bits per heavy atom. The molecule has 2 spiro atoms. The summed E-state index contributed by atoms with van der Waals surface area (Å²) in [6.07, 6.45) is 15.7. The number of urea groups is 1. The zero-order valence-corrected chi connectivity index (χ0v) is 24.2. The predicted molar refractivity (Wildman–Crippen MR) is 147 cm³/mol. The van der Waals surface area contributed by atoms with Crippen molar-refractivity contribution >= 4 is 11.9 Å². The molecule has 2 heterocycles. The van der Waals surface area contributed by atoms with Crippen molar-refractivity contribution in [1.82, 2.24) is 14.7 Å². The molecule has 36 heavy (non-hydrogen) atoms. The molecular weight excluding hydrogens is 450 g/mol. The molecule has 0 aromatic heterocycles. The molecule has 3 fully saturated rings. The van der Waals surface area contributed by atoms with Crippen LogP contribution in [0, 0.1) is 0 Å². The number of carbonyl (C=O) groups excluding carboxylic acids is 2. The van der Waals surface area contributed by atoms with E-state index in [2.05, 4.69) is 34.3 Å². The van der Waals surface area contributed by atoms with E-state index in [1.807, 2.05) is 34.6 Å². The quantitative estimate of drug-likeness (QED) is 0.393. The highest BCUT2D eigenvalue weighted by molar-refractivity contribution is 5.89. The summed E-state index contributed by atoms with van der Waals surface area (Å²) in [6, 6.07) is 0.0546. The van der Waals surface area contributed by atoms with Crippen molar-refractivity contribution in [3.63, 3.8) is 0 Å². The van der Waals surface area contributed by atoms with Crippen LogP contribution in [0.3, 0.4) is 0 Å². The average molecular weight is 504 g/mol. The molecule has 1 saturated carbocycles. The summed E-state index contributed by atoms with van der Waals surface area (Å²) in [5.74, 6) is 0.102. The molecule has 6 heteroatoms. The fourth-order valence-corrected chi connectivity index (χ4v) is 7.62. The van der Waals surface area contributed by atoms with E-state index in [1.54, 1.807) is 0 Å². The number of amides is 3. The van der Waals surface area contributed by atoms with Gasteiger partial charge in [0.25, 0.3) is 5.91 Å². The largest absolute Gasteiger partial charge is 0.339 e. The molecule has 0 N–H and O–H groups in total. The molecule has 3 rings (SSSR count). The summed E-state index contributed by atoms with van der Waals surface area (Å²) in [7, 11) is 0. The van der Waals surface area contributed by atoms with Crippen LogP contribution in [0.1, 0.15) is 125 Å². The fraction of sp³-hybridized carbons (Fsp3) is 0.867. The fourth-order valence-electron chi connectivity index (χ4n) is 7.62. The van der Waals surface area contributed by atoms with Gasteiger partial charge in [0.15, 0.2) is 5.60 Å². The minimum atomic E-state index is -0.910. The summed E-state index contributed by atoms with van der Waals surface area (Å²) >= 11 is 0. The van der Waals surface area contributed by atoms with Gasteiger partial charge in [0, 0.05) is 43.6 Å². The highest BCUT2D eigenvalue weighted by Crippen LogP contribution is 2.54. The number of hydrogen-bond donors (Lipinski definition) is 0. The van der Waals surface area contributed by atoms with Crippen molar-refractivity contribution in [1.29, 1.82) is 0 Å². The Bertz CT molecular complexity index is 756. The minimum Gasteiger partial charge on any atom is -0.339 e. The van der Waals surface area contributed by atoms with Gasteiger partial charge in [-0.25, -0.2) is 4.79 Å². The van der Waals surface area contributed by atoms with Gasteiger partial charge in [0.1, 0.15) is 5.72 Å². The van der Waals surface area contributed by atoms with E-state index in [9.17, 15) is 9.59 Å². The number of carbonyl (C=O) groups is 2. The molecular formula is C30H53N3O3. The topological polar surface area (TPSA) is 53.1 Å². The molecule has 3 amide bonds. The number of piperidine rings is 1. The Morgan fingerprint density at radius 1 is 0.889 bits per heavy atom. The second-order valence-corrected chi connectivity index (χ2v) is 12.7. The van der Waals surface area contributed by atoms with Gasteiger partial charge in [-0.1, -0.05) is 51.0 Å². The van der Waals surface area contributed by atoms with Gasteiger partial charge in [0.05, 0.1) is 0 Å². The predicted octanol–water partition coefficient (Wildman–Crippen LogP) is 6.89. The molecule has 0 aromatic rings. The van der Waals surface area contributed by atoms with Crippen LogP contribution in [0.15, 0.2) is 12.7 Å². The number of hydrogen-bond acceptors (Lipinski definition) is 3. The van der Waals surface area contributed by atoms with Crippen LogP contribution in [0.5, 0.6) is 0 Å². The number of likely N-dealkylation sites (tertiary alicyclic amines) is 1. The van der Waals surface area contributed by atoms with Gasteiger partial charge in [-0.15, -0.1) is 6.58 Å². The first-order valence-corrected chi connectivity index (χ1v) is 14.7. The van der Waals surface area contributed by atoms with Gasteiger partial charge < -0.3 is 19.4 Å². The van der Waals surface area contributed by atoms with Gasteiger partial charge in [-0.2, -0.15) is 0 Å². The third-order valence-electron chi connectivity index (χ3n) is 8.83. The Kier molecular flexibility index (Phi) is 9.22. The Labute approximate surface area is 220 Å². The van der Waals surface area contributed by atoms with E-state index < -0.39 is 22.4 Å². The SMILES string of the molecule is C=CCN1C(=O)C2(CC(C)(C)N(C(=O)N(CC)CC)C(C)(C)C2)OC12CCCCCCCCCCC2. The Morgan fingerprint density at radius 3 is 1.75 bits per heavy atom. The monoisotopic (exact) mass is 503 g/mol. The van der Waals surface area contributed by atoms with E-state index in [1.165, 1.54) is 44.9 Å². The second kappa shape index (κ2) is 11.4. The summed E-state index contributed by atoms with van der Waals surface area (Å²) in [6.45, 7) is 18.3. The number of nitrogens with zero attached hydrogens (tertiary/aromatic N) is 3. The summed E-state index contributed by atoms with van der Waals surface area (Å²) in [4.78, 5) is 34.0. The molecule has 6 nitrogen and oxygen atoms in total. The van der Waals surface area contributed by atoms with Gasteiger partial charge >= 0.3 is 6.03 Å². The van der Waals surface area contributed by atoms with Crippen LogP contribution in [0.25, 0.3) is 0 Å². The van der Waals surface area contributed by atoms with E-state index >= 15 is 0 Å². The molecule has 206 valence electrons. The Balaban J connectivity index is 1.97. The average Bonchev–Trinajstić information content (AvgIpc) is 2.97. The molecule has 2 saturated heterocycles. The lowest BCUT2D eigenvalue weighted by Crippen LogP contribution is -2.70. The minimum absolute atomic E-state index is 0.0546. The molecule has 3 aliphatic rings. The maximum atomic E-state index is 14.4. The number of ether oxygens (including phenoxy) is 1. The lowest BCUT2D eigenvalue weighted by molar-refractivity contribution is -0.192. The zero-order chi connectivity index (χ0) is 26.6. The number of rotatable bonds is 4. The smallest absolute Gasteiger partial charge is 0.320 e. The van der Waals surface area contributed by atoms with Crippen LogP contribution < -0.4 is 0 Å². The van der Waals surface area contributed by atoms with E-state index in [0.29, 0.717) is 32.5 Å². The van der Waals surface area contributed by atoms with Gasteiger partial charge in [-0.3, -0.25) is 4.79 Å². The third-order valence-corrected chi connectivity index (χ3v) is 8.83. The van der Waals surface area contributed by atoms with Crippen molar-refractivity contribution in [3.05, 3.63) is 12.7 Å². The van der Waals surface area contributed by atoms with E-state index in [0.717, 1.165) is 25.7 Å². The highest BCUT2D eigenvalue weighted by Gasteiger charge is 2.66. The molecule has 0 radical (unpaired) electrons. The normalized spacial score (nSPS) is 25.9. The Hall–Kier alpha value is -1.56. The standard InChI is InChI=1S/C30H53N3O3/c1-8-22-32-25(34)29(36-30(32)20-18-16-14-12-11-13-15-17-19-21-30)23-27(4,5)33(28(6,7)24-29)26(35)31(9-2)10-3/h8H,1,9-24H2,2-7H3. The van der Waals surface area contributed by atoms with Crippen LogP contribution in [0.2, 0.25) is 0 Å². The van der Waals surface area contributed by atoms with Crippen LogP contribution in [0.4, 0.5) is 4.79 Å². The maximum Gasteiger partial charge on any atom is 0.320 e. The molecule has 0 bridgehead atoms. The molecule has 0 atom stereocenters. The van der Waals surface area contributed by atoms with Crippen LogP contribution in [-0.4, -0.2) is 68.7 Å². The molecule has 2 aliphatic heterocycles. The van der Waals surface area contributed by atoms with E-state index in [4.69, 9.17) is 4.74 Å². The van der Waals surface area contributed by atoms with Crippen LogP contribution in [-0.2, 0) is 9.53 Å². The highest BCUT2D eigenvalue weighted by atomic mass is 16.6. The second-order valence-electron chi connectivity index (χ2n) is 12.7. The lowest BCUT2D eigenvalue weighted by Gasteiger charge is -2.58. The molecule has 0 aromatic carbocycles. The van der Waals surface area contributed by atoms with Crippen molar-refractivity contribution in [2.75, 3.05) is 19.6 Å². The third kappa shape index (κ3) is 5.63. The summed E-state index contributed by atoms with van der Waals surface area (Å²) in [5, 5.41) is 0. The summed E-state index contributed by atoms with van der Waals surface area (Å²) < 4.78 is 7.19. The van der Waals surface area contributed by atoms with E-state index in [-0.39, 0.29) is 11.9 Å². The zero-order valence-electron chi connectivity index (χ0n) is 24.2. The van der Waals surface area contributed by atoms with Gasteiger partial charge in [-0.05, 0) is 67.2 Å². The first-order valence-electron chi connectivity index (χ1n) is 14.7. The summed E-state index contributed by atoms with van der Waals surface area (Å²) in [5.41, 5.74) is -2.52. The van der Waals surface area contributed by atoms with Gasteiger partial charge in [0.2, 0.25) is 0 Å². The van der Waals surface area contributed by atoms with Crippen molar-refractivity contribution < 1.29 is 14.3 Å². The van der Waals surface area contributed by atoms with Crippen molar-refractivity contribution in [2.24, 2.45) is 0 Å². The first kappa shape index (κ1) is 29.0. The van der Waals surface area contributed by atoms with Crippen LogP contribution >= 0.6 is 0 Å².